The molecule has 2 aliphatic carbocycles. The lowest BCUT2D eigenvalue weighted by Crippen LogP contribution is -2.45. The van der Waals surface area contributed by atoms with Gasteiger partial charge in [-0.25, -0.2) is 10.2 Å². The number of benzene rings is 1. The maximum absolute atomic E-state index is 12.0. The number of nitrogens with one attached hydrogen (secondary N) is 3. The molecular weight excluding hydrogens is 290 g/mol. The van der Waals surface area contributed by atoms with Gasteiger partial charge < -0.3 is 5.32 Å². The standard InChI is InChI=1S/C15H18ClN3O2/c16-9-4-3-5-10(8-9)17-15(21)19-18-14(20)13-11-6-1-2-7-12(11)13/h3-5,8,11-13H,1-2,6-7H2,(H,18,20)(H2,17,19,21)/t11-,12-/m0/s1. The van der Waals surface area contributed by atoms with Crippen LogP contribution in [0.1, 0.15) is 25.7 Å². The molecule has 3 N–H and O–H groups in total. The maximum atomic E-state index is 12.0. The summed E-state index contributed by atoms with van der Waals surface area (Å²) in [4.78, 5) is 23.7. The molecule has 112 valence electrons. The summed E-state index contributed by atoms with van der Waals surface area (Å²) >= 11 is 5.83. The van der Waals surface area contributed by atoms with Gasteiger partial charge in [0.1, 0.15) is 0 Å². The van der Waals surface area contributed by atoms with E-state index in [1.54, 1.807) is 24.3 Å². The van der Waals surface area contributed by atoms with E-state index in [0.29, 0.717) is 22.5 Å². The van der Waals surface area contributed by atoms with Crippen LogP contribution in [0, 0.1) is 17.8 Å². The molecular formula is C15H18ClN3O2. The molecule has 2 saturated carbocycles. The largest absolute Gasteiger partial charge is 0.337 e. The molecule has 1 aromatic rings. The first-order valence-corrected chi connectivity index (χ1v) is 7.65. The van der Waals surface area contributed by atoms with Crippen LogP contribution in [0.4, 0.5) is 10.5 Å². The average Bonchev–Trinajstić information content (AvgIpc) is 3.19. The topological polar surface area (TPSA) is 70.2 Å². The van der Waals surface area contributed by atoms with Gasteiger partial charge in [-0.2, -0.15) is 0 Å². The molecule has 0 saturated heterocycles. The predicted octanol–water partition coefficient (Wildman–Crippen LogP) is 2.93. The quantitative estimate of drug-likeness (QED) is 0.735. The van der Waals surface area contributed by atoms with Crippen LogP contribution in [0.3, 0.4) is 0 Å². The fourth-order valence-corrected chi connectivity index (χ4v) is 3.50. The van der Waals surface area contributed by atoms with E-state index in [1.807, 2.05) is 0 Å². The Kier molecular flexibility index (Phi) is 4.01. The van der Waals surface area contributed by atoms with Crippen LogP contribution in [0.25, 0.3) is 0 Å². The number of anilines is 1. The lowest BCUT2D eigenvalue weighted by Gasteiger charge is -2.09. The third kappa shape index (κ3) is 3.29. The average molecular weight is 308 g/mol. The number of fused-ring (bicyclic) bond motifs is 1. The fraction of sp³-hybridized carbons (Fsp3) is 0.467. The zero-order valence-electron chi connectivity index (χ0n) is 11.6. The van der Waals surface area contributed by atoms with E-state index in [2.05, 4.69) is 16.2 Å². The first kappa shape index (κ1) is 14.2. The summed E-state index contributed by atoms with van der Waals surface area (Å²) in [5.74, 6) is 1.06. The normalized spacial score (nSPS) is 26.4. The number of hydrogen-bond acceptors (Lipinski definition) is 2. The number of carbonyl (C=O) groups excluding carboxylic acids is 2. The summed E-state index contributed by atoms with van der Waals surface area (Å²) in [5.41, 5.74) is 5.47. The van der Waals surface area contributed by atoms with Gasteiger partial charge in [0.25, 0.3) is 0 Å². The Bertz CT molecular complexity index is 552. The van der Waals surface area contributed by atoms with E-state index in [9.17, 15) is 9.59 Å². The number of amides is 3. The molecule has 1 aromatic carbocycles. The van der Waals surface area contributed by atoms with E-state index in [-0.39, 0.29) is 11.8 Å². The van der Waals surface area contributed by atoms with Crippen molar-refractivity contribution in [1.29, 1.82) is 0 Å². The molecule has 0 aromatic heterocycles. The van der Waals surface area contributed by atoms with E-state index >= 15 is 0 Å². The first-order chi connectivity index (χ1) is 10.1. The van der Waals surface area contributed by atoms with Crippen LogP contribution in [0.2, 0.25) is 5.02 Å². The van der Waals surface area contributed by atoms with Crippen LogP contribution >= 0.6 is 11.6 Å². The number of hydrogen-bond donors (Lipinski definition) is 3. The van der Waals surface area contributed by atoms with Gasteiger partial charge in [0.15, 0.2) is 0 Å². The molecule has 0 spiro atoms. The van der Waals surface area contributed by atoms with Gasteiger partial charge in [-0.1, -0.05) is 30.5 Å². The monoisotopic (exact) mass is 307 g/mol. The van der Waals surface area contributed by atoms with Gasteiger partial charge in [-0.3, -0.25) is 10.2 Å². The Balaban J connectivity index is 1.45. The Morgan fingerprint density at radius 3 is 2.48 bits per heavy atom. The van der Waals surface area contributed by atoms with Gasteiger partial charge in [0.2, 0.25) is 5.91 Å². The Hall–Kier alpha value is -1.75. The molecule has 0 unspecified atom stereocenters. The van der Waals surface area contributed by atoms with Gasteiger partial charge in [0, 0.05) is 16.6 Å². The molecule has 3 amide bonds. The Morgan fingerprint density at radius 1 is 1.10 bits per heavy atom. The lowest BCUT2D eigenvalue weighted by molar-refractivity contribution is -0.123. The van der Waals surface area contributed by atoms with Crippen LogP contribution in [0.15, 0.2) is 24.3 Å². The maximum Gasteiger partial charge on any atom is 0.337 e. The predicted molar refractivity (Wildman–Crippen MR) is 80.7 cm³/mol. The van der Waals surface area contributed by atoms with Gasteiger partial charge >= 0.3 is 6.03 Å². The van der Waals surface area contributed by atoms with Crippen LogP contribution in [-0.2, 0) is 4.79 Å². The van der Waals surface area contributed by atoms with E-state index in [1.165, 1.54) is 12.8 Å². The number of carbonyl (C=O) groups is 2. The highest BCUT2D eigenvalue weighted by Gasteiger charge is 2.54. The summed E-state index contributed by atoms with van der Waals surface area (Å²) in [7, 11) is 0. The van der Waals surface area contributed by atoms with Gasteiger partial charge in [0.05, 0.1) is 0 Å². The molecule has 6 heteroatoms. The second kappa shape index (κ2) is 5.93. The third-order valence-electron chi connectivity index (χ3n) is 4.34. The van der Waals surface area contributed by atoms with Crippen LogP contribution in [-0.4, -0.2) is 11.9 Å². The summed E-state index contributed by atoms with van der Waals surface area (Å²) in [6.07, 6.45) is 4.70. The van der Waals surface area contributed by atoms with Crippen molar-refractivity contribution in [3.05, 3.63) is 29.3 Å². The van der Waals surface area contributed by atoms with Gasteiger partial charge in [-0.15, -0.1) is 0 Å². The molecule has 0 heterocycles. The van der Waals surface area contributed by atoms with Crippen molar-refractivity contribution in [3.8, 4) is 0 Å². The number of halogens is 1. The van der Waals surface area contributed by atoms with Crippen molar-refractivity contribution >= 4 is 29.2 Å². The smallest absolute Gasteiger partial charge is 0.307 e. The summed E-state index contributed by atoms with van der Waals surface area (Å²) in [6, 6.07) is 6.35. The minimum Gasteiger partial charge on any atom is -0.307 e. The zero-order chi connectivity index (χ0) is 14.8. The minimum absolute atomic E-state index is 0.0758. The van der Waals surface area contributed by atoms with Crippen molar-refractivity contribution in [2.75, 3.05) is 5.32 Å². The highest BCUT2D eigenvalue weighted by molar-refractivity contribution is 6.30. The Morgan fingerprint density at radius 2 is 1.81 bits per heavy atom. The zero-order valence-corrected chi connectivity index (χ0v) is 12.3. The molecule has 5 nitrogen and oxygen atoms in total. The van der Waals surface area contributed by atoms with E-state index in [0.717, 1.165) is 12.8 Å². The van der Waals surface area contributed by atoms with Crippen molar-refractivity contribution < 1.29 is 9.59 Å². The SMILES string of the molecule is O=C(NNC(=O)C1[C@H]2CCCC[C@H]12)Nc1cccc(Cl)c1. The van der Waals surface area contributed by atoms with Crippen molar-refractivity contribution in [1.82, 2.24) is 10.9 Å². The minimum atomic E-state index is -0.478. The van der Waals surface area contributed by atoms with Crippen LogP contribution in [0.5, 0.6) is 0 Å². The molecule has 0 aliphatic heterocycles. The lowest BCUT2D eigenvalue weighted by atomic mass is 10.0. The summed E-state index contributed by atoms with van der Waals surface area (Å²) < 4.78 is 0. The molecule has 21 heavy (non-hydrogen) atoms. The highest BCUT2D eigenvalue weighted by atomic mass is 35.5. The van der Waals surface area contributed by atoms with Crippen molar-refractivity contribution in [3.63, 3.8) is 0 Å². The molecule has 3 rings (SSSR count). The number of urea groups is 1. The van der Waals surface area contributed by atoms with E-state index in [4.69, 9.17) is 11.6 Å². The highest BCUT2D eigenvalue weighted by Crippen LogP contribution is 2.55. The van der Waals surface area contributed by atoms with Crippen LogP contribution < -0.4 is 16.2 Å². The molecule has 2 atom stereocenters. The fourth-order valence-electron chi connectivity index (χ4n) is 3.31. The van der Waals surface area contributed by atoms with Crippen molar-refractivity contribution in [2.24, 2.45) is 17.8 Å². The third-order valence-corrected chi connectivity index (χ3v) is 4.58. The Labute approximate surface area is 128 Å². The molecule has 2 fully saturated rings. The van der Waals surface area contributed by atoms with E-state index < -0.39 is 6.03 Å². The van der Waals surface area contributed by atoms with Gasteiger partial charge in [-0.05, 0) is 42.9 Å². The van der Waals surface area contributed by atoms with Crippen molar-refractivity contribution in [2.45, 2.75) is 25.7 Å². The second-order valence-electron chi connectivity index (χ2n) is 5.72. The first-order valence-electron chi connectivity index (χ1n) is 7.27. The molecule has 0 radical (unpaired) electrons. The number of hydrazine groups is 1. The summed E-state index contributed by atoms with van der Waals surface area (Å²) in [5, 5.41) is 3.15. The molecule has 0 bridgehead atoms. The summed E-state index contributed by atoms with van der Waals surface area (Å²) in [6.45, 7) is 0. The molecule has 2 aliphatic rings. The second-order valence-corrected chi connectivity index (χ2v) is 6.15. The number of rotatable bonds is 2.